The number of ether oxygens (including phenoxy) is 1. The molecule has 4 atom stereocenters. The van der Waals surface area contributed by atoms with Crippen LogP contribution in [0.15, 0.2) is 30.3 Å². The van der Waals surface area contributed by atoms with Crippen molar-refractivity contribution in [3.63, 3.8) is 0 Å². The number of rotatable bonds is 1. The molecule has 0 radical (unpaired) electrons. The number of nitriles is 1. The highest BCUT2D eigenvalue weighted by molar-refractivity contribution is 5.19. The topological polar surface area (TPSA) is 39.5 Å². The van der Waals surface area contributed by atoms with Gasteiger partial charge in [0.2, 0.25) is 0 Å². The normalized spacial score (nSPS) is 35.2. The standard InChI is InChI=1S/C16H21N3O/c1-12-16(13-7-4-3-5-8-13)20-15-10-6-9-14(11-17)19(15)18(12)2/h3-5,7-8,12,14-16H,6,9-10H2,1-2H3/t12-,14+,15+,16+/m0/s1. The molecule has 0 spiro atoms. The number of fused-ring (bicyclic) bond motifs is 1. The van der Waals surface area contributed by atoms with Gasteiger partial charge < -0.3 is 4.74 Å². The van der Waals surface area contributed by atoms with Crippen LogP contribution in [0.25, 0.3) is 0 Å². The molecule has 4 nitrogen and oxygen atoms in total. The first-order valence-electron chi connectivity index (χ1n) is 7.33. The molecule has 2 heterocycles. The van der Waals surface area contributed by atoms with E-state index in [1.807, 2.05) is 6.07 Å². The van der Waals surface area contributed by atoms with Crippen LogP contribution in [0, 0.1) is 11.3 Å². The van der Waals surface area contributed by atoms with Crippen LogP contribution in [0.4, 0.5) is 0 Å². The van der Waals surface area contributed by atoms with E-state index in [-0.39, 0.29) is 24.4 Å². The van der Waals surface area contributed by atoms with E-state index in [2.05, 4.69) is 54.3 Å². The van der Waals surface area contributed by atoms with Crippen molar-refractivity contribution in [1.29, 1.82) is 5.26 Å². The predicted octanol–water partition coefficient (Wildman–Crippen LogP) is 2.70. The van der Waals surface area contributed by atoms with Crippen molar-refractivity contribution in [2.75, 3.05) is 7.05 Å². The van der Waals surface area contributed by atoms with Gasteiger partial charge in [0.05, 0.1) is 12.1 Å². The summed E-state index contributed by atoms with van der Waals surface area (Å²) in [4.78, 5) is 0. The Balaban J connectivity index is 1.87. The zero-order valence-electron chi connectivity index (χ0n) is 12.1. The third-order valence-corrected chi connectivity index (χ3v) is 4.52. The van der Waals surface area contributed by atoms with Gasteiger partial charge in [-0.05, 0) is 31.7 Å². The molecule has 106 valence electrons. The monoisotopic (exact) mass is 271 g/mol. The van der Waals surface area contributed by atoms with E-state index in [9.17, 15) is 5.26 Å². The molecule has 20 heavy (non-hydrogen) atoms. The molecule has 0 aliphatic carbocycles. The molecule has 0 amide bonds. The molecule has 2 fully saturated rings. The first-order valence-corrected chi connectivity index (χ1v) is 7.33. The second-order valence-electron chi connectivity index (χ2n) is 5.69. The third-order valence-electron chi connectivity index (χ3n) is 4.52. The highest BCUT2D eigenvalue weighted by atomic mass is 16.5. The van der Waals surface area contributed by atoms with Gasteiger partial charge in [-0.15, -0.1) is 0 Å². The summed E-state index contributed by atoms with van der Waals surface area (Å²) in [5, 5.41) is 13.7. The van der Waals surface area contributed by atoms with Gasteiger partial charge in [0.25, 0.3) is 0 Å². The molecule has 0 N–H and O–H groups in total. The molecule has 1 aromatic carbocycles. The van der Waals surface area contributed by atoms with Crippen LogP contribution in [-0.2, 0) is 4.74 Å². The Morgan fingerprint density at radius 2 is 2.00 bits per heavy atom. The van der Waals surface area contributed by atoms with Gasteiger partial charge in [-0.1, -0.05) is 30.3 Å². The summed E-state index contributed by atoms with van der Waals surface area (Å²) in [5.41, 5.74) is 1.21. The lowest BCUT2D eigenvalue weighted by molar-refractivity contribution is -0.280. The van der Waals surface area contributed by atoms with Crippen molar-refractivity contribution in [2.45, 2.75) is 50.6 Å². The van der Waals surface area contributed by atoms with Gasteiger partial charge in [0.15, 0.2) is 0 Å². The minimum Gasteiger partial charge on any atom is -0.352 e. The summed E-state index contributed by atoms with van der Waals surface area (Å²) >= 11 is 0. The molecule has 2 aliphatic heterocycles. The SMILES string of the molecule is C[C@H]1[C@H](c2ccccc2)O[C@@H]2CCC[C@H](C#N)N2N1C. The molecule has 4 heteroatoms. The fourth-order valence-electron chi connectivity index (χ4n) is 3.32. The lowest BCUT2D eigenvalue weighted by Gasteiger charge is -2.53. The summed E-state index contributed by atoms with van der Waals surface area (Å²) < 4.78 is 6.32. The third kappa shape index (κ3) is 2.22. The Hall–Kier alpha value is -1.41. The number of hydrogen-bond donors (Lipinski definition) is 0. The van der Waals surface area contributed by atoms with E-state index in [0.717, 1.165) is 19.3 Å². The van der Waals surface area contributed by atoms with Gasteiger partial charge in [-0.3, -0.25) is 0 Å². The van der Waals surface area contributed by atoms with Crippen molar-refractivity contribution in [1.82, 2.24) is 10.0 Å². The molecule has 1 aromatic rings. The summed E-state index contributed by atoms with van der Waals surface area (Å²) in [6.07, 6.45) is 3.09. The van der Waals surface area contributed by atoms with Crippen LogP contribution in [0.3, 0.4) is 0 Å². The molecule has 2 aliphatic rings. The maximum absolute atomic E-state index is 9.34. The van der Waals surface area contributed by atoms with Crippen LogP contribution >= 0.6 is 0 Å². The van der Waals surface area contributed by atoms with Crippen molar-refractivity contribution >= 4 is 0 Å². The second-order valence-corrected chi connectivity index (χ2v) is 5.69. The maximum Gasteiger partial charge on any atom is 0.125 e. The molecule has 3 rings (SSSR count). The second kappa shape index (κ2) is 5.53. The fraction of sp³-hybridized carbons (Fsp3) is 0.562. The van der Waals surface area contributed by atoms with Crippen LogP contribution in [-0.4, -0.2) is 35.4 Å². The largest absolute Gasteiger partial charge is 0.352 e. The molecule has 2 saturated heterocycles. The van der Waals surface area contributed by atoms with Crippen LogP contribution in [0.1, 0.15) is 37.9 Å². The number of hydrogen-bond acceptors (Lipinski definition) is 4. The minimum atomic E-state index is -0.0575. The average Bonchev–Trinajstić information content (AvgIpc) is 2.51. The summed E-state index contributed by atoms with van der Waals surface area (Å²) in [6, 6.07) is 13.0. The molecule has 0 saturated carbocycles. The first kappa shape index (κ1) is 13.6. The Bertz CT molecular complexity index is 496. The van der Waals surface area contributed by atoms with Crippen LogP contribution < -0.4 is 0 Å². The van der Waals surface area contributed by atoms with Crippen LogP contribution in [0.2, 0.25) is 0 Å². The van der Waals surface area contributed by atoms with E-state index in [1.54, 1.807) is 0 Å². The maximum atomic E-state index is 9.34. The molecule has 0 aromatic heterocycles. The lowest BCUT2D eigenvalue weighted by atomic mass is 9.98. The van der Waals surface area contributed by atoms with E-state index < -0.39 is 0 Å². The summed E-state index contributed by atoms with van der Waals surface area (Å²) in [7, 11) is 2.08. The first-order chi connectivity index (χ1) is 9.72. The van der Waals surface area contributed by atoms with Crippen LogP contribution in [0.5, 0.6) is 0 Å². The zero-order valence-corrected chi connectivity index (χ0v) is 12.1. The number of benzene rings is 1. The van der Waals surface area contributed by atoms with E-state index in [4.69, 9.17) is 4.74 Å². The van der Waals surface area contributed by atoms with E-state index in [0.29, 0.717) is 0 Å². The Morgan fingerprint density at radius 1 is 1.25 bits per heavy atom. The number of nitrogens with zero attached hydrogens (tertiary/aromatic N) is 3. The highest BCUT2D eigenvalue weighted by Gasteiger charge is 2.43. The molecular weight excluding hydrogens is 250 g/mol. The van der Waals surface area contributed by atoms with E-state index in [1.165, 1.54) is 5.56 Å². The van der Waals surface area contributed by atoms with Crippen molar-refractivity contribution in [2.24, 2.45) is 0 Å². The minimum absolute atomic E-state index is 0.0276. The Kier molecular flexibility index (Phi) is 3.75. The predicted molar refractivity (Wildman–Crippen MR) is 76.4 cm³/mol. The van der Waals surface area contributed by atoms with Gasteiger partial charge in [0.1, 0.15) is 18.4 Å². The van der Waals surface area contributed by atoms with Crippen molar-refractivity contribution < 1.29 is 4.74 Å². The quantitative estimate of drug-likeness (QED) is 0.787. The zero-order chi connectivity index (χ0) is 14.1. The Labute approximate surface area is 120 Å². The number of likely N-dealkylation sites (N-methyl/N-ethyl adjacent to an activating group) is 1. The smallest absolute Gasteiger partial charge is 0.125 e. The van der Waals surface area contributed by atoms with Crippen molar-refractivity contribution in [3.05, 3.63) is 35.9 Å². The summed E-state index contributed by atoms with van der Waals surface area (Å²) in [5.74, 6) is 0. The highest BCUT2D eigenvalue weighted by Crippen LogP contribution is 2.37. The average molecular weight is 271 g/mol. The molecule has 0 bridgehead atoms. The Morgan fingerprint density at radius 3 is 2.70 bits per heavy atom. The van der Waals surface area contributed by atoms with Gasteiger partial charge in [-0.2, -0.15) is 10.3 Å². The van der Waals surface area contributed by atoms with Gasteiger partial charge >= 0.3 is 0 Å². The fourth-order valence-corrected chi connectivity index (χ4v) is 3.32. The summed E-state index contributed by atoms with van der Waals surface area (Å²) in [6.45, 7) is 2.16. The van der Waals surface area contributed by atoms with Gasteiger partial charge in [-0.25, -0.2) is 5.01 Å². The van der Waals surface area contributed by atoms with Gasteiger partial charge in [0, 0.05) is 7.05 Å². The van der Waals surface area contributed by atoms with E-state index >= 15 is 0 Å². The van der Waals surface area contributed by atoms with Crippen molar-refractivity contribution in [3.8, 4) is 6.07 Å². The lowest BCUT2D eigenvalue weighted by Crippen LogP contribution is -2.63. The molecular formula is C16H21N3O. The molecule has 0 unspecified atom stereocenters. The number of piperidine rings is 1. The number of hydrazine groups is 1.